The van der Waals surface area contributed by atoms with Gasteiger partial charge < -0.3 is 10.2 Å². The Morgan fingerprint density at radius 1 is 1.07 bits per heavy atom. The summed E-state index contributed by atoms with van der Waals surface area (Å²) in [5, 5.41) is 2.76. The maximum Gasteiger partial charge on any atom is 0.241 e. The smallest absolute Gasteiger partial charge is 0.241 e. The average molecular weight is 398 g/mol. The van der Waals surface area contributed by atoms with Crippen molar-refractivity contribution in [3.05, 3.63) is 60.4 Å². The van der Waals surface area contributed by atoms with Crippen molar-refractivity contribution in [1.82, 2.24) is 9.80 Å². The predicted molar refractivity (Wildman–Crippen MR) is 112 cm³/mol. The molecule has 2 amide bonds. The Hall–Kier alpha value is -2.77. The van der Waals surface area contributed by atoms with Gasteiger partial charge in [0.1, 0.15) is 5.82 Å². The first-order valence-corrected chi connectivity index (χ1v) is 9.78. The van der Waals surface area contributed by atoms with E-state index in [9.17, 15) is 14.0 Å². The summed E-state index contributed by atoms with van der Waals surface area (Å²) >= 11 is 0. The van der Waals surface area contributed by atoms with Gasteiger partial charge in [-0.2, -0.15) is 0 Å². The second-order valence-electron chi connectivity index (χ2n) is 7.28. The second kappa shape index (κ2) is 9.62. The van der Waals surface area contributed by atoms with Gasteiger partial charge in [0.05, 0.1) is 12.6 Å². The van der Waals surface area contributed by atoms with Crippen LogP contribution in [-0.2, 0) is 9.59 Å². The fourth-order valence-electron chi connectivity index (χ4n) is 3.38. The summed E-state index contributed by atoms with van der Waals surface area (Å²) in [7, 11) is 1.78. The summed E-state index contributed by atoms with van der Waals surface area (Å²) in [6, 6.07) is 15.1. The topological polar surface area (TPSA) is 55.9 Å². The van der Waals surface area contributed by atoms with E-state index in [0.29, 0.717) is 38.4 Å². The van der Waals surface area contributed by atoms with Gasteiger partial charge >= 0.3 is 0 Å². The van der Waals surface area contributed by atoms with Crippen molar-refractivity contribution in [2.75, 3.05) is 50.0 Å². The number of anilines is 2. The molecular formula is C22H27FN4O2. The number of amides is 2. The maximum absolute atomic E-state index is 13.3. The Bertz CT molecular complexity index is 838. The molecule has 0 saturated carbocycles. The molecule has 1 heterocycles. The number of nitrogens with zero attached hydrogens (tertiary/aromatic N) is 3. The summed E-state index contributed by atoms with van der Waals surface area (Å²) in [6.45, 7) is 5.01. The van der Waals surface area contributed by atoms with Crippen LogP contribution in [0.25, 0.3) is 0 Å². The van der Waals surface area contributed by atoms with Gasteiger partial charge in [0, 0.05) is 44.6 Å². The normalized spacial score (nSPS) is 16.2. The molecule has 1 atom stereocenters. The number of piperazine rings is 1. The monoisotopic (exact) mass is 398 g/mol. The van der Waals surface area contributed by atoms with Crippen LogP contribution in [0.5, 0.6) is 0 Å². The molecule has 1 saturated heterocycles. The highest BCUT2D eigenvalue weighted by Crippen LogP contribution is 2.14. The van der Waals surface area contributed by atoms with Crippen molar-refractivity contribution in [2.45, 2.75) is 13.0 Å². The lowest BCUT2D eigenvalue weighted by atomic mass is 10.2. The molecule has 0 aromatic heterocycles. The van der Waals surface area contributed by atoms with Gasteiger partial charge in [-0.1, -0.05) is 24.3 Å². The fraction of sp³-hybridized carbons (Fsp3) is 0.364. The van der Waals surface area contributed by atoms with Gasteiger partial charge in [0.25, 0.3) is 0 Å². The van der Waals surface area contributed by atoms with Crippen molar-refractivity contribution in [3.63, 3.8) is 0 Å². The lowest BCUT2D eigenvalue weighted by Gasteiger charge is -2.37. The first kappa shape index (κ1) is 21.0. The molecule has 29 heavy (non-hydrogen) atoms. The number of nitrogens with one attached hydrogen (secondary N) is 1. The zero-order chi connectivity index (χ0) is 20.8. The van der Waals surface area contributed by atoms with Crippen molar-refractivity contribution < 1.29 is 14.0 Å². The number of para-hydroxylation sites is 1. The van der Waals surface area contributed by atoms with Crippen LogP contribution in [0.3, 0.4) is 0 Å². The molecule has 6 nitrogen and oxygen atoms in total. The molecule has 0 bridgehead atoms. The van der Waals surface area contributed by atoms with Gasteiger partial charge in [-0.25, -0.2) is 4.39 Å². The number of rotatable bonds is 6. The minimum absolute atomic E-state index is 0.0431. The highest BCUT2D eigenvalue weighted by Gasteiger charge is 2.27. The largest absolute Gasteiger partial charge is 0.325 e. The molecule has 0 spiro atoms. The Labute approximate surface area is 170 Å². The third-order valence-electron chi connectivity index (χ3n) is 5.30. The Morgan fingerprint density at radius 3 is 2.41 bits per heavy atom. The van der Waals surface area contributed by atoms with Crippen LogP contribution in [-0.4, -0.2) is 67.4 Å². The van der Waals surface area contributed by atoms with E-state index in [1.165, 1.54) is 12.1 Å². The summed E-state index contributed by atoms with van der Waals surface area (Å²) in [5.74, 6) is -0.500. The fourth-order valence-corrected chi connectivity index (χ4v) is 3.38. The molecule has 7 heteroatoms. The highest BCUT2D eigenvalue weighted by molar-refractivity contribution is 5.95. The summed E-state index contributed by atoms with van der Waals surface area (Å²) < 4.78 is 13.3. The van der Waals surface area contributed by atoms with Crippen LogP contribution < -0.4 is 10.2 Å². The molecule has 1 aliphatic heterocycles. The van der Waals surface area contributed by atoms with E-state index in [2.05, 4.69) is 15.1 Å². The molecule has 1 fully saturated rings. The average Bonchev–Trinajstić information content (AvgIpc) is 2.74. The lowest BCUT2D eigenvalue weighted by Crippen LogP contribution is -2.54. The molecule has 0 radical (unpaired) electrons. The van der Waals surface area contributed by atoms with E-state index in [4.69, 9.17) is 0 Å². The number of likely N-dealkylation sites (N-methyl/N-ethyl adjacent to an activating group) is 1. The van der Waals surface area contributed by atoms with E-state index in [0.717, 1.165) is 5.69 Å². The van der Waals surface area contributed by atoms with Crippen LogP contribution in [0.2, 0.25) is 0 Å². The minimum atomic E-state index is -0.380. The van der Waals surface area contributed by atoms with Gasteiger partial charge in [-0.05, 0) is 37.3 Å². The number of halogens is 1. The van der Waals surface area contributed by atoms with Crippen LogP contribution in [0.15, 0.2) is 54.6 Å². The van der Waals surface area contributed by atoms with E-state index >= 15 is 0 Å². The molecule has 0 aliphatic carbocycles. The molecule has 2 aromatic rings. The summed E-state index contributed by atoms with van der Waals surface area (Å²) in [6.07, 6.45) is 0. The summed E-state index contributed by atoms with van der Waals surface area (Å²) in [5.41, 5.74) is 1.33. The van der Waals surface area contributed by atoms with Crippen LogP contribution in [0.4, 0.5) is 15.8 Å². The van der Waals surface area contributed by atoms with Crippen molar-refractivity contribution >= 4 is 23.2 Å². The molecule has 3 rings (SSSR count). The third kappa shape index (κ3) is 5.62. The Balaban J connectivity index is 1.47. The van der Waals surface area contributed by atoms with E-state index in [-0.39, 0.29) is 23.7 Å². The zero-order valence-corrected chi connectivity index (χ0v) is 16.8. The van der Waals surface area contributed by atoms with Crippen molar-refractivity contribution in [1.29, 1.82) is 0 Å². The van der Waals surface area contributed by atoms with Crippen molar-refractivity contribution in [3.8, 4) is 0 Å². The molecule has 1 N–H and O–H groups in total. The molecule has 2 aromatic carbocycles. The van der Waals surface area contributed by atoms with Crippen LogP contribution in [0.1, 0.15) is 6.92 Å². The molecule has 1 aliphatic rings. The third-order valence-corrected chi connectivity index (χ3v) is 5.30. The minimum Gasteiger partial charge on any atom is -0.325 e. The predicted octanol–water partition coefficient (Wildman–Crippen LogP) is 2.43. The van der Waals surface area contributed by atoms with Gasteiger partial charge in [0.2, 0.25) is 11.8 Å². The highest BCUT2D eigenvalue weighted by atomic mass is 19.1. The van der Waals surface area contributed by atoms with Crippen LogP contribution >= 0.6 is 0 Å². The molecular weight excluding hydrogens is 371 g/mol. The van der Waals surface area contributed by atoms with E-state index in [1.807, 2.05) is 37.3 Å². The number of hydrogen-bond donors (Lipinski definition) is 1. The number of carbonyl (C=O) groups is 2. The number of carbonyl (C=O) groups excluding carboxylic acids is 2. The summed E-state index contributed by atoms with van der Waals surface area (Å²) in [4.78, 5) is 30.9. The number of hydrogen-bond acceptors (Lipinski definition) is 4. The SMILES string of the molecule is CC(C(=O)Nc1cccc(F)c1)N1CCN(CC(=O)N(C)c2ccccc2)CC1. The Morgan fingerprint density at radius 2 is 1.76 bits per heavy atom. The maximum atomic E-state index is 13.3. The van der Waals surface area contributed by atoms with Gasteiger partial charge in [0.15, 0.2) is 0 Å². The quantitative estimate of drug-likeness (QED) is 0.812. The zero-order valence-electron chi connectivity index (χ0n) is 16.8. The lowest BCUT2D eigenvalue weighted by molar-refractivity contribution is -0.123. The second-order valence-corrected chi connectivity index (χ2v) is 7.28. The Kier molecular flexibility index (Phi) is 6.95. The van der Waals surface area contributed by atoms with Gasteiger partial charge in [-0.15, -0.1) is 0 Å². The van der Waals surface area contributed by atoms with E-state index < -0.39 is 0 Å². The number of benzene rings is 2. The molecule has 154 valence electrons. The van der Waals surface area contributed by atoms with Gasteiger partial charge in [-0.3, -0.25) is 19.4 Å². The first-order chi connectivity index (χ1) is 13.9. The van der Waals surface area contributed by atoms with Crippen LogP contribution in [0, 0.1) is 5.82 Å². The standard InChI is InChI=1S/C22H27FN4O2/c1-17(22(29)24-19-8-6-7-18(23)15-19)27-13-11-26(12-14-27)16-21(28)25(2)20-9-4-3-5-10-20/h3-10,15,17H,11-14,16H2,1-2H3,(H,24,29). The molecule has 1 unspecified atom stereocenters. The first-order valence-electron chi connectivity index (χ1n) is 9.78. The van der Waals surface area contributed by atoms with E-state index in [1.54, 1.807) is 24.1 Å². The van der Waals surface area contributed by atoms with Crippen molar-refractivity contribution in [2.24, 2.45) is 0 Å².